The molecule has 0 aliphatic rings. The van der Waals surface area contributed by atoms with Crippen molar-refractivity contribution in [2.24, 2.45) is 5.10 Å². The second kappa shape index (κ2) is 14.0. The summed E-state index contributed by atoms with van der Waals surface area (Å²) >= 11 is 6.91. The zero-order valence-corrected chi connectivity index (χ0v) is 23.0. The van der Waals surface area contributed by atoms with E-state index < -0.39 is 23.6 Å². The average Bonchev–Trinajstić information content (AvgIpc) is 2.77. The number of halogens is 2. The molecule has 2 aromatic rings. The fraction of sp³-hybridized carbons (Fsp3) is 0.320. The van der Waals surface area contributed by atoms with Gasteiger partial charge in [0, 0.05) is 0 Å². The minimum Gasteiger partial charge on any atom is -0.487 e. The van der Waals surface area contributed by atoms with Crippen LogP contribution in [0.25, 0.3) is 0 Å². The van der Waals surface area contributed by atoms with Crippen molar-refractivity contribution < 1.29 is 23.8 Å². The van der Waals surface area contributed by atoms with Gasteiger partial charge in [-0.3, -0.25) is 4.79 Å². The van der Waals surface area contributed by atoms with Gasteiger partial charge in [0.2, 0.25) is 0 Å². The summed E-state index contributed by atoms with van der Waals surface area (Å²) in [7, 11) is 0. The van der Waals surface area contributed by atoms with Crippen LogP contribution in [0.1, 0.15) is 31.9 Å². The molecule has 35 heavy (non-hydrogen) atoms. The van der Waals surface area contributed by atoms with E-state index in [0.29, 0.717) is 26.9 Å². The van der Waals surface area contributed by atoms with E-state index >= 15 is 0 Å². The lowest BCUT2D eigenvalue weighted by atomic mass is 10.2. The number of nitrogens with zero attached hydrogens (tertiary/aromatic N) is 1. The monoisotopic (exact) mass is 609 g/mol. The van der Waals surface area contributed by atoms with E-state index in [0.717, 1.165) is 5.56 Å². The van der Waals surface area contributed by atoms with Crippen molar-refractivity contribution in [2.75, 3.05) is 13.2 Å². The highest BCUT2D eigenvalue weighted by atomic mass is 79.9. The Morgan fingerprint density at radius 3 is 2.40 bits per heavy atom. The van der Waals surface area contributed by atoms with Crippen LogP contribution in [0.4, 0.5) is 4.79 Å². The van der Waals surface area contributed by atoms with Crippen LogP contribution in [0.3, 0.4) is 0 Å². The second-order valence-corrected chi connectivity index (χ2v) is 10.1. The fourth-order valence-electron chi connectivity index (χ4n) is 2.68. The highest BCUT2D eigenvalue weighted by Crippen LogP contribution is 2.34. The summed E-state index contributed by atoms with van der Waals surface area (Å²) < 4.78 is 17.9. The molecule has 188 valence electrons. The minimum absolute atomic E-state index is 0.0675. The number of alkyl carbamates (subject to hydrolysis) is 1. The predicted octanol–water partition coefficient (Wildman–Crippen LogP) is 5.34. The number of nitrogens with one attached hydrogen (secondary N) is 2. The molecule has 2 rings (SSSR count). The van der Waals surface area contributed by atoms with Gasteiger partial charge in [0.15, 0.2) is 0 Å². The van der Waals surface area contributed by atoms with E-state index in [1.54, 1.807) is 39.0 Å². The molecule has 0 radical (unpaired) electrons. The van der Waals surface area contributed by atoms with Gasteiger partial charge in [-0.15, -0.1) is 0 Å². The van der Waals surface area contributed by atoms with Crippen molar-refractivity contribution in [3.8, 4) is 5.75 Å². The smallest absolute Gasteiger partial charge is 0.408 e. The van der Waals surface area contributed by atoms with Crippen LogP contribution in [0.15, 0.2) is 69.2 Å². The zero-order valence-electron chi connectivity index (χ0n) is 19.8. The number of ether oxygens (including phenoxy) is 3. The summed E-state index contributed by atoms with van der Waals surface area (Å²) in [6, 6.07) is 12.1. The van der Waals surface area contributed by atoms with Crippen LogP contribution in [-0.4, -0.2) is 43.1 Å². The van der Waals surface area contributed by atoms with Gasteiger partial charge in [0.05, 0.1) is 28.4 Å². The number of benzene rings is 2. The Hall–Kier alpha value is -2.69. The van der Waals surface area contributed by atoms with Gasteiger partial charge < -0.3 is 19.5 Å². The average molecular weight is 611 g/mol. The first-order valence-electron chi connectivity index (χ1n) is 10.8. The first kappa shape index (κ1) is 28.5. The van der Waals surface area contributed by atoms with Crippen molar-refractivity contribution in [3.05, 3.63) is 75.2 Å². The van der Waals surface area contributed by atoms with Crippen LogP contribution in [-0.2, 0) is 20.9 Å². The van der Waals surface area contributed by atoms with Crippen molar-refractivity contribution in [2.45, 2.75) is 39.0 Å². The second-order valence-electron chi connectivity index (χ2n) is 8.35. The third-order valence-corrected chi connectivity index (χ3v) is 5.34. The van der Waals surface area contributed by atoms with Gasteiger partial charge in [-0.1, -0.05) is 43.0 Å². The molecule has 2 aromatic carbocycles. The first-order chi connectivity index (χ1) is 16.6. The van der Waals surface area contributed by atoms with Gasteiger partial charge in [0.25, 0.3) is 5.91 Å². The van der Waals surface area contributed by atoms with E-state index in [1.807, 2.05) is 30.3 Å². The Kier molecular flexibility index (Phi) is 11.4. The lowest BCUT2D eigenvalue weighted by Gasteiger charge is -2.22. The SMILES string of the molecule is C=CCOc1c(Br)cc(/C=N\NC(=O)[C@H](COCc2ccccc2)NC(=O)OC(C)(C)C)cc1Br. The van der Waals surface area contributed by atoms with Crippen molar-refractivity contribution in [3.63, 3.8) is 0 Å². The van der Waals surface area contributed by atoms with Gasteiger partial charge in [-0.05, 0) is 75.9 Å². The molecule has 0 heterocycles. The molecule has 0 spiro atoms. The molecule has 0 aliphatic heterocycles. The summed E-state index contributed by atoms with van der Waals surface area (Å²) in [5, 5.41) is 6.56. The van der Waals surface area contributed by atoms with E-state index in [-0.39, 0.29) is 13.2 Å². The van der Waals surface area contributed by atoms with Gasteiger partial charge in [-0.25, -0.2) is 10.2 Å². The van der Waals surface area contributed by atoms with Crippen LogP contribution in [0, 0.1) is 0 Å². The number of amides is 2. The summed E-state index contributed by atoms with van der Waals surface area (Å²) in [5.74, 6) is 0.0764. The third kappa shape index (κ3) is 10.6. The molecule has 0 bridgehead atoms. The molecule has 8 nitrogen and oxygen atoms in total. The molecule has 2 N–H and O–H groups in total. The number of carbonyl (C=O) groups excluding carboxylic acids is 2. The number of hydrazone groups is 1. The molecule has 1 atom stereocenters. The molecular formula is C25H29Br2N3O5. The zero-order chi connectivity index (χ0) is 25.8. The number of hydrogen-bond donors (Lipinski definition) is 2. The van der Waals surface area contributed by atoms with Gasteiger partial charge in [-0.2, -0.15) is 5.10 Å². The molecule has 10 heteroatoms. The van der Waals surface area contributed by atoms with Crippen LogP contribution < -0.4 is 15.5 Å². The van der Waals surface area contributed by atoms with Crippen LogP contribution in [0.2, 0.25) is 0 Å². The largest absolute Gasteiger partial charge is 0.487 e. The molecule has 0 fully saturated rings. The highest BCUT2D eigenvalue weighted by Gasteiger charge is 2.24. The highest BCUT2D eigenvalue weighted by molar-refractivity contribution is 9.11. The predicted molar refractivity (Wildman–Crippen MR) is 143 cm³/mol. The van der Waals surface area contributed by atoms with Crippen molar-refractivity contribution in [1.82, 2.24) is 10.7 Å². The van der Waals surface area contributed by atoms with Crippen LogP contribution >= 0.6 is 31.9 Å². The standard InChI is InChI=1S/C25H29Br2N3O5/c1-5-11-34-22-19(26)12-18(13-20(22)27)14-28-30-23(31)21(29-24(32)35-25(2,3)4)16-33-15-17-9-7-6-8-10-17/h5-10,12-14,21H,1,11,15-16H2,2-4H3,(H,29,32)(H,30,31)/b28-14-/t21-/m0/s1. The van der Waals surface area contributed by atoms with Gasteiger partial charge in [0.1, 0.15) is 24.0 Å². The first-order valence-corrected chi connectivity index (χ1v) is 12.3. The lowest BCUT2D eigenvalue weighted by Crippen LogP contribution is -2.49. The van der Waals surface area contributed by atoms with Crippen LogP contribution in [0.5, 0.6) is 5.75 Å². The molecule has 0 unspecified atom stereocenters. The Bertz CT molecular complexity index is 1020. The maximum Gasteiger partial charge on any atom is 0.408 e. The quantitative estimate of drug-likeness (QED) is 0.203. The molecule has 0 saturated heterocycles. The number of hydrogen-bond acceptors (Lipinski definition) is 6. The maximum absolute atomic E-state index is 12.8. The Morgan fingerprint density at radius 1 is 1.14 bits per heavy atom. The van der Waals surface area contributed by atoms with E-state index in [9.17, 15) is 9.59 Å². The Morgan fingerprint density at radius 2 is 1.80 bits per heavy atom. The number of carbonyl (C=O) groups is 2. The topological polar surface area (TPSA) is 98.3 Å². The molecule has 2 amide bonds. The minimum atomic E-state index is -1.01. The third-order valence-electron chi connectivity index (χ3n) is 4.16. The number of rotatable bonds is 11. The van der Waals surface area contributed by atoms with E-state index in [2.05, 4.69) is 54.3 Å². The summed E-state index contributed by atoms with van der Waals surface area (Å²) in [5.41, 5.74) is 3.37. The maximum atomic E-state index is 12.8. The Labute approximate surface area is 222 Å². The van der Waals surface area contributed by atoms with Gasteiger partial charge >= 0.3 is 6.09 Å². The molecule has 0 aliphatic carbocycles. The lowest BCUT2D eigenvalue weighted by molar-refractivity contribution is -0.124. The normalized spacial score (nSPS) is 12.1. The summed E-state index contributed by atoms with van der Waals surface area (Å²) in [4.78, 5) is 25.0. The summed E-state index contributed by atoms with van der Waals surface area (Å²) in [6.45, 7) is 9.42. The molecular weight excluding hydrogens is 582 g/mol. The van der Waals surface area contributed by atoms with Crippen molar-refractivity contribution >= 4 is 50.1 Å². The van der Waals surface area contributed by atoms with Crippen molar-refractivity contribution in [1.29, 1.82) is 0 Å². The molecule has 0 saturated carbocycles. The van der Waals surface area contributed by atoms with E-state index in [1.165, 1.54) is 6.21 Å². The Balaban J connectivity index is 2.03. The summed E-state index contributed by atoms with van der Waals surface area (Å²) in [6.07, 6.45) is 2.39. The fourth-order valence-corrected chi connectivity index (χ4v) is 4.13. The molecule has 0 aromatic heterocycles. The van der Waals surface area contributed by atoms with E-state index in [4.69, 9.17) is 14.2 Å².